The van der Waals surface area contributed by atoms with Gasteiger partial charge in [0.2, 0.25) is 0 Å². The van der Waals surface area contributed by atoms with Crippen molar-refractivity contribution in [3.05, 3.63) is 53.7 Å². The summed E-state index contributed by atoms with van der Waals surface area (Å²) in [6, 6.07) is 8.42. The molecule has 1 aromatic heterocycles. The zero-order valence-electron chi connectivity index (χ0n) is 15.9. The summed E-state index contributed by atoms with van der Waals surface area (Å²) >= 11 is 0. The molecule has 0 spiro atoms. The Balaban J connectivity index is 0.00000280. The molecule has 8 heteroatoms. The lowest BCUT2D eigenvalue weighted by Crippen LogP contribution is -2.41. The highest BCUT2D eigenvalue weighted by Gasteiger charge is 2.15. The van der Waals surface area contributed by atoms with Gasteiger partial charge in [0.05, 0.1) is 26.0 Å². The van der Waals surface area contributed by atoms with Gasteiger partial charge >= 0.3 is 0 Å². The number of guanidine groups is 1. The van der Waals surface area contributed by atoms with E-state index in [0.29, 0.717) is 31.3 Å². The van der Waals surface area contributed by atoms with Crippen LogP contribution in [0.1, 0.15) is 24.2 Å². The van der Waals surface area contributed by atoms with Crippen molar-refractivity contribution in [3.63, 3.8) is 0 Å². The van der Waals surface area contributed by atoms with Crippen molar-refractivity contribution in [2.75, 3.05) is 26.8 Å². The monoisotopic (exact) mass is 503 g/mol. The van der Waals surface area contributed by atoms with Gasteiger partial charge in [0.25, 0.3) is 0 Å². The molecule has 28 heavy (non-hydrogen) atoms. The number of rotatable bonds is 8. The van der Waals surface area contributed by atoms with Crippen molar-refractivity contribution in [1.29, 1.82) is 0 Å². The van der Waals surface area contributed by atoms with Gasteiger partial charge in [-0.15, -0.1) is 24.0 Å². The Morgan fingerprint density at radius 1 is 1.32 bits per heavy atom. The van der Waals surface area contributed by atoms with Crippen LogP contribution in [0.4, 0.5) is 4.39 Å². The molecule has 0 amide bonds. The largest absolute Gasteiger partial charge is 0.497 e. The molecule has 3 rings (SSSR count). The normalized spacial score (nSPS) is 16.5. The topological polar surface area (TPSA) is 68.0 Å². The van der Waals surface area contributed by atoms with Crippen molar-refractivity contribution in [2.45, 2.75) is 31.9 Å². The molecule has 1 aliphatic rings. The molecule has 1 saturated heterocycles. The number of furan rings is 1. The zero-order chi connectivity index (χ0) is 18.9. The van der Waals surface area contributed by atoms with Crippen molar-refractivity contribution < 1.29 is 18.3 Å². The van der Waals surface area contributed by atoms with Gasteiger partial charge in [-0.3, -0.25) is 0 Å². The standard InChI is InChI=1S/C20H26FN3O3.HI/c1-25-19-11-15(10-16(21)12-19)13-23-20(24-14-18-5-3-9-27-18)22-7-6-17-4-2-8-26-17;/h2,4,8,10-12,18H,3,5-7,9,13-14H2,1H3,(H2,22,23,24);1H. The van der Waals surface area contributed by atoms with Crippen LogP contribution in [0.15, 0.2) is 46.0 Å². The van der Waals surface area contributed by atoms with Gasteiger partial charge in [0.15, 0.2) is 5.96 Å². The van der Waals surface area contributed by atoms with Crippen molar-refractivity contribution >= 4 is 29.9 Å². The molecule has 2 aromatic rings. The number of nitrogens with zero attached hydrogens (tertiary/aromatic N) is 1. The number of hydrogen-bond acceptors (Lipinski definition) is 4. The van der Waals surface area contributed by atoms with E-state index in [1.807, 2.05) is 12.1 Å². The summed E-state index contributed by atoms with van der Waals surface area (Å²) in [7, 11) is 1.52. The second-order valence-electron chi connectivity index (χ2n) is 6.44. The molecule has 1 unspecified atom stereocenters. The Kier molecular flexibility index (Phi) is 9.56. The lowest BCUT2D eigenvalue weighted by atomic mass is 10.2. The predicted molar refractivity (Wildman–Crippen MR) is 117 cm³/mol. The molecular weight excluding hydrogens is 476 g/mol. The number of aliphatic imine (C=N–C) groups is 1. The van der Waals surface area contributed by atoms with Gasteiger partial charge in [0, 0.05) is 32.2 Å². The average molecular weight is 503 g/mol. The van der Waals surface area contributed by atoms with Gasteiger partial charge in [-0.1, -0.05) is 0 Å². The molecule has 6 nitrogen and oxygen atoms in total. The lowest BCUT2D eigenvalue weighted by molar-refractivity contribution is 0.114. The zero-order valence-corrected chi connectivity index (χ0v) is 18.3. The minimum absolute atomic E-state index is 0. The number of benzene rings is 1. The Hall–Kier alpha value is -1.81. The molecule has 0 saturated carbocycles. The number of ether oxygens (including phenoxy) is 2. The van der Waals surface area contributed by atoms with E-state index in [-0.39, 0.29) is 35.9 Å². The van der Waals surface area contributed by atoms with E-state index in [9.17, 15) is 4.39 Å². The SMILES string of the molecule is COc1cc(F)cc(CN=C(NCCc2ccco2)NCC2CCCO2)c1.I. The minimum atomic E-state index is -0.334. The smallest absolute Gasteiger partial charge is 0.191 e. The van der Waals surface area contributed by atoms with Crippen LogP contribution >= 0.6 is 24.0 Å². The third-order valence-corrected chi connectivity index (χ3v) is 4.35. The van der Waals surface area contributed by atoms with E-state index in [4.69, 9.17) is 13.9 Å². The highest BCUT2D eigenvalue weighted by molar-refractivity contribution is 14.0. The van der Waals surface area contributed by atoms with Gasteiger partial charge in [-0.05, 0) is 42.7 Å². The molecule has 2 N–H and O–H groups in total. The minimum Gasteiger partial charge on any atom is -0.497 e. The quantitative estimate of drug-likeness (QED) is 0.328. The van der Waals surface area contributed by atoms with E-state index >= 15 is 0 Å². The number of methoxy groups -OCH3 is 1. The first-order valence-electron chi connectivity index (χ1n) is 9.22. The van der Waals surface area contributed by atoms with Crippen molar-refractivity contribution in [2.24, 2.45) is 4.99 Å². The molecule has 0 aliphatic carbocycles. The van der Waals surface area contributed by atoms with Crippen LogP contribution in [0.5, 0.6) is 5.75 Å². The first-order valence-corrected chi connectivity index (χ1v) is 9.22. The fourth-order valence-corrected chi connectivity index (χ4v) is 2.95. The fraction of sp³-hybridized carbons (Fsp3) is 0.450. The highest BCUT2D eigenvalue weighted by atomic mass is 127. The maximum atomic E-state index is 13.7. The molecule has 0 bridgehead atoms. The fourth-order valence-electron chi connectivity index (χ4n) is 2.95. The van der Waals surface area contributed by atoms with Crippen LogP contribution in [0, 0.1) is 5.82 Å². The summed E-state index contributed by atoms with van der Waals surface area (Å²) in [6.45, 7) is 2.53. The Bertz CT molecular complexity index is 734. The molecule has 1 aromatic carbocycles. The highest BCUT2D eigenvalue weighted by Crippen LogP contribution is 2.16. The van der Waals surface area contributed by atoms with Crippen LogP contribution in [0.3, 0.4) is 0 Å². The molecule has 2 heterocycles. The molecule has 1 atom stereocenters. The average Bonchev–Trinajstić information content (AvgIpc) is 3.37. The Morgan fingerprint density at radius 3 is 2.93 bits per heavy atom. The van der Waals surface area contributed by atoms with Crippen LogP contribution in [0.25, 0.3) is 0 Å². The predicted octanol–water partition coefficient (Wildman–Crippen LogP) is 3.50. The Labute approximate surface area is 181 Å². The van der Waals surface area contributed by atoms with E-state index in [1.54, 1.807) is 12.3 Å². The van der Waals surface area contributed by atoms with Gasteiger partial charge in [0.1, 0.15) is 17.3 Å². The van der Waals surface area contributed by atoms with E-state index in [0.717, 1.165) is 37.2 Å². The number of nitrogens with one attached hydrogen (secondary N) is 2. The second kappa shape index (κ2) is 11.9. The van der Waals surface area contributed by atoms with E-state index < -0.39 is 0 Å². The maximum Gasteiger partial charge on any atom is 0.191 e. The van der Waals surface area contributed by atoms with E-state index in [1.165, 1.54) is 19.2 Å². The van der Waals surface area contributed by atoms with Crippen LogP contribution in [-0.4, -0.2) is 38.9 Å². The molecule has 154 valence electrons. The summed E-state index contributed by atoms with van der Waals surface area (Å²) in [5, 5.41) is 6.61. The van der Waals surface area contributed by atoms with Crippen molar-refractivity contribution in [3.8, 4) is 5.75 Å². The first-order chi connectivity index (χ1) is 13.2. The lowest BCUT2D eigenvalue weighted by Gasteiger charge is -2.15. The van der Waals surface area contributed by atoms with Gasteiger partial charge < -0.3 is 24.5 Å². The summed E-state index contributed by atoms with van der Waals surface area (Å²) in [5.41, 5.74) is 0.746. The summed E-state index contributed by atoms with van der Waals surface area (Å²) in [5.74, 6) is 1.73. The van der Waals surface area contributed by atoms with Crippen LogP contribution in [-0.2, 0) is 17.7 Å². The third kappa shape index (κ3) is 7.31. The summed E-state index contributed by atoms with van der Waals surface area (Å²) in [4.78, 5) is 4.58. The molecular formula is C20H27FIN3O3. The number of halogens is 2. The second-order valence-corrected chi connectivity index (χ2v) is 6.44. The molecule has 0 radical (unpaired) electrons. The summed E-state index contributed by atoms with van der Waals surface area (Å²) in [6.07, 6.45) is 4.76. The van der Waals surface area contributed by atoms with Gasteiger partial charge in [-0.25, -0.2) is 9.38 Å². The number of hydrogen-bond donors (Lipinski definition) is 2. The van der Waals surface area contributed by atoms with E-state index in [2.05, 4.69) is 15.6 Å². The van der Waals surface area contributed by atoms with Crippen molar-refractivity contribution in [1.82, 2.24) is 10.6 Å². The first kappa shape index (κ1) is 22.5. The third-order valence-electron chi connectivity index (χ3n) is 4.35. The van der Waals surface area contributed by atoms with Crippen LogP contribution in [0.2, 0.25) is 0 Å². The van der Waals surface area contributed by atoms with Gasteiger partial charge in [-0.2, -0.15) is 0 Å². The molecule has 1 aliphatic heterocycles. The maximum absolute atomic E-state index is 13.7. The Morgan fingerprint density at radius 2 is 2.21 bits per heavy atom. The van der Waals surface area contributed by atoms with Crippen LogP contribution < -0.4 is 15.4 Å². The summed E-state index contributed by atoms with van der Waals surface area (Å²) < 4.78 is 29.8. The molecule has 1 fully saturated rings.